The third kappa shape index (κ3) is 2.68. The number of nitrogen functional groups attached to an aromatic ring is 1. The summed E-state index contributed by atoms with van der Waals surface area (Å²) in [7, 11) is 0. The van der Waals surface area contributed by atoms with Crippen LogP contribution in [-0.4, -0.2) is 16.7 Å². The molecule has 6 heteroatoms. The van der Waals surface area contributed by atoms with E-state index in [9.17, 15) is 0 Å². The molecule has 0 spiro atoms. The smallest absolute Gasteiger partial charge is 0.212 e. The molecule has 5 nitrogen and oxygen atoms in total. The van der Waals surface area contributed by atoms with Gasteiger partial charge in [-0.25, -0.2) is 9.98 Å². The molecule has 0 saturated heterocycles. The Morgan fingerprint density at radius 3 is 2.64 bits per heavy atom. The topological polar surface area (TPSA) is 101 Å². The number of amidine groups is 2. The lowest BCUT2D eigenvalue weighted by Crippen LogP contribution is -2.21. The van der Waals surface area contributed by atoms with Gasteiger partial charge in [0.1, 0.15) is 11.7 Å². The van der Waals surface area contributed by atoms with Crippen LogP contribution in [0.4, 0.5) is 5.13 Å². The van der Waals surface area contributed by atoms with Crippen molar-refractivity contribution < 1.29 is 0 Å². The van der Waals surface area contributed by atoms with Gasteiger partial charge in [0.25, 0.3) is 0 Å². The molecule has 3 rings (SSSR count). The van der Waals surface area contributed by atoms with Gasteiger partial charge >= 0.3 is 0 Å². The van der Waals surface area contributed by atoms with Crippen molar-refractivity contribution >= 4 is 38.4 Å². The molecule has 22 heavy (non-hydrogen) atoms. The number of aryl methyl sites for hydroxylation is 1. The molecule has 0 aliphatic heterocycles. The number of nitrogens with zero attached hydrogens (tertiary/aromatic N) is 2. The Balaban J connectivity index is 2.08. The van der Waals surface area contributed by atoms with Gasteiger partial charge in [-0.1, -0.05) is 41.2 Å². The van der Waals surface area contributed by atoms with E-state index in [2.05, 4.69) is 9.98 Å². The second kappa shape index (κ2) is 5.57. The molecule has 2 aromatic carbocycles. The average Bonchev–Trinajstić information content (AvgIpc) is 2.88. The maximum absolute atomic E-state index is 7.66. The van der Waals surface area contributed by atoms with E-state index in [4.69, 9.17) is 16.9 Å². The molecular weight excluding hydrogens is 294 g/mol. The molecule has 1 aromatic heterocycles. The summed E-state index contributed by atoms with van der Waals surface area (Å²) < 4.78 is 1.06. The monoisotopic (exact) mass is 309 g/mol. The summed E-state index contributed by atoms with van der Waals surface area (Å²) in [5.41, 5.74) is 14.9. The second-order valence-corrected chi connectivity index (χ2v) is 5.93. The van der Waals surface area contributed by atoms with E-state index in [0.717, 1.165) is 15.8 Å². The standard InChI is InChI=1S/C16H15N5S/c1-9-6-7-10(14(17)18)11(8-9)15(19)21-16-20-12-4-2-3-5-13(12)22-16/h2-8H,1H3,(H3,17,18)(H2,19,20,21). The number of aliphatic imine (C=N–C) groups is 1. The molecule has 5 N–H and O–H groups in total. The fraction of sp³-hybridized carbons (Fsp3) is 0.0625. The lowest BCUT2D eigenvalue weighted by atomic mass is 10.0. The predicted molar refractivity (Wildman–Crippen MR) is 92.2 cm³/mol. The first kappa shape index (κ1) is 14.2. The maximum Gasteiger partial charge on any atom is 0.212 e. The number of fused-ring (bicyclic) bond motifs is 1. The summed E-state index contributed by atoms with van der Waals surface area (Å²) in [5, 5.41) is 8.25. The van der Waals surface area contributed by atoms with Crippen molar-refractivity contribution in [1.29, 1.82) is 5.41 Å². The van der Waals surface area contributed by atoms with E-state index in [-0.39, 0.29) is 5.84 Å². The molecule has 0 radical (unpaired) electrons. The minimum absolute atomic E-state index is 0.0301. The van der Waals surface area contributed by atoms with Crippen molar-refractivity contribution in [3.63, 3.8) is 0 Å². The van der Waals surface area contributed by atoms with Crippen LogP contribution in [0.5, 0.6) is 0 Å². The van der Waals surface area contributed by atoms with Crippen LogP contribution >= 0.6 is 11.3 Å². The fourth-order valence-electron chi connectivity index (χ4n) is 2.18. The quantitative estimate of drug-likeness (QED) is 0.512. The zero-order chi connectivity index (χ0) is 15.7. The molecular formula is C16H15N5S. The average molecular weight is 309 g/mol. The predicted octanol–water partition coefficient (Wildman–Crippen LogP) is 2.93. The van der Waals surface area contributed by atoms with Crippen molar-refractivity contribution in [3.05, 3.63) is 59.2 Å². The van der Waals surface area contributed by atoms with E-state index in [1.165, 1.54) is 11.3 Å². The molecule has 0 aliphatic rings. The van der Waals surface area contributed by atoms with Crippen LogP contribution in [0.2, 0.25) is 0 Å². The SMILES string of the molecule is Cc1ccc(C(=N)N)c(/C(N)=N/c2nc3ccccc3s2)c1. The number of para-hydroxylation sites is 1. The van der Waals surface area contributed by atoms with Crippen LogP contribution in [0.25, 0.3) is 10.2 Å². The number of hydrogen-bond acceptors (Lipinski definition) is 4. The van der Waals surface area contributed by atoms with Gasteiger partial charge in [-0.2, -0.15) is 0 Å². The number of thiazole rings is 1. The molecule has 0 saturated carbocycles. The van der Waals surface area contributed by atoms with Crippen molar-refractivity contribution in [2.45, 2.75) is 6.92 Å². The van der Waals surface area contributed by atoms with Crippen molar-refractivity contribution in [1.82, 2.24) is 4.98 Å². The number of nitrogens with one attached hydrogen (secondary N) is 1. The van der Waals surface area contributed by atoms with Crippen LogP contribution in [-0.2, 0) is 0 Å². The van der Waals surface area contributed by atoms with Gasteiger partial charge in [0.05, 0.1) is 10.2 Å². The highest BCUT2D eigenvalue weighted by atomic mass is 32.1. The first-order valence-electron chi connectivity index (χ1n) is 6.70. The van der Waals surface area contributed by atoms with E-state index in [0.29, 0.717) is 22.1 Å². The largest absolute Gasteiger partial charge is 0.384 e. The van der Waals surface area contributed by atoms with E-state index < -0.39 is 0 Å². The Hall–Kier alpha value is -2.73. The minimum atomic E-state index is -0.0301. The lowest BCUT2D eigenvalue weighted by molar-refractivity contribution is 1.35. The van der Waals surface area contributed by atoms with Crippen LogP contribution in [0, 0.1) is 12.3 Å². The summed E-state index contributed by atoms with van der Waals surface area (Å²) in [5.74, 6) is 0.283. The van der Waals surface area contributed by atoms with Crippen LogP contribution in [0.15, 0.2) is 47.5 Å². The van der Waals surface area contributed by atoms with Crippen LogP contribution < -0.4 is 11.5 Å². The molecule has 0 fully saturated rings. The maximum atomic E-state index is 7.66. The highest BCUT2D eigenvalue weighted by Gasteiger charge is 2.11. The lowest BCUT2D eigenvalue weighted by Gasteiger charge is -2.08. The first-order valence-corrected chi connectivity index (χ1v) is 7.51. The molecule has 1 heterocycles. The Labute approximate surface area is 131 Å². The Bertz CT molecular complexity index is 861. The Kier molecular flexibility index (Phi) is 3.60. The Morgan fingerprint density at radius 2 is 1.91 bits per heavy atom. The number of hydrogen-bond donors (Lipinski definition) is 3. The van der Waals surface area contributed by atoms with Crippen LogP contribution in [0.3, 0.4) is 0 Å². The van der Waals surface area contributed by atoms with E-state index >= 15 is 0 Å². The molecule has 3 aromatic rings. The molecule has 0 bridgehead atoms. The fourth-order valence-corrected chi connectivity index (χ4v) is 3.03. The minimum Gasteiger partial charge on any atom is -0.384 e. The van der Waals surface area contributed by atoms with E-state index in [1.807, 2.05) is 43.3 Å². The van der Waals surface area contributed by atoms with Crippen molar-refractivity contribution in [2.75, 3.05) is 0 Å². The van der Waals surface area contributed by atoms with Crippen LogP contribution in [0.1, 0.15) is 16.7 Å². The van der Waals surface area contributed by atoms with Gasteiger partial charge in [0.15, 0.2) is 0 Å². The third-order valence-electron chi connectivity index (χ3n) is 3.24. The second-order valence-electron chi connectivity index (χ2n) is 4.92. The molecule has 0 unspecified atom stereocenters. The summed E-state index contributed by atoms with van der Waals surface area (Å²) in [4.78, 5) is 8.84. The third-order valence-corrected chi connectivity index (χ3v) is 4.17. The Morgan fingerprint density at radius 1 is 1.14 bits per heavy atom. The molecule has 110 valence electrons. The summed E-state index contributed by atoms with van der Waals surface area (Å²) in [6, 6.07) is 13.4. The van der Waals surface area contributed by atoms with Gasteiger partial charge < -0.3 is 11.5 Å². The van der Waals surface area contributed by atoms with Crippen molar-refractivity contribution in [2.24, 2.45) is 16.5 Å². The first-order chi connectivity index (χ1) is 10.5. The molecule has 0 aliphatic carbocycles. The number of rotatable bonds is 3. The zero-order valence-electron chi connectivity index (χ0n) is 12.0. The molecule has 0 amide bonds. The van der Waals surface area contributed by atoms with Gasteiger partial charge in [0.2, 0.25) is 5.13 Å². The van der Waals surface area contributed by atoms with Gasteiger partial charge in [0, 0.05) is 11.1 Å². The molecule has 0 atom stereocenters. The highest BCUT2D eigenvalue weighted by Crippen LogP contribution is 2.28. The van der Waals surface area contributed by atoms with Crippen molar-refractivity contribution in [3.8, 4) is 0 Å². The summed E-state index contributed by atoms with van der Waals surface area (Å²) in [6.45, 7) is 1.96. The number of aromatic nitrogens is 1. The van der Waals surface area contributed by atoms with Gasteiger partial charge in [-0.05, 0) is 25.1 Å². The summed E-state index contributed by atoms with van der Waals surface area (Å²) in [6.07, 6.45) is 0. The van der Waals surface area contributed by atoms with E-state index in [1.54, 1.807) is 6.07 Å². The van der Waals surface area contributed by atoms with Gasteiger partial charge in [-0.3, -0.25) is 5.41 Å². The van der Waals surface area contributed by atoms with Gasteiger partial charge in [-0.15, -0.1) is 0 Å². The number of nitrogens with two attached hydrogens (primary N) is 2. The zero-order valence-corrected chi connectivity index (χ0v) is 12.8. The summed E-state index contributed by atoms with van der Waals surface area (Å²) >= 11 is 1.48. The normalized spacial score (nSPS) is 11.8. The number of benzene rings is 2. The highest BCUT2D eigenvalue weighted by molar-refractivity contribution is 7.22.